The first-order chi connectivity index (χ1) is 17.1. The number of carbonyl (C=O) groups excluding carboxylic acids is 7. The van der Waals surface area contributed by atoms with Gasteiger partial charge in [0.15, 0.2) is 5.78 Å². The van der Waals surface area contributed by atoms with E-state index in [1.165, 1.54) is 24.0 Å². The Morgan fingerprint density at radius 1 is 1.05 bits per heavy atom. The summed E-state index contributed by atoms with van der Waals surface area (Å²) in [4.78, 5) is 90.3. The van der Waals surface area contributed by atoms with Gasteiger partial charge in [-0.05, 0) is 12.5 Å². The number of fused-ring (bicyclic) bond motifs is 1. The Morgan fingerprint density at radius 2 is 1.70 bits per heavy atom. The van der Waals surface area contributed by atoms with Crippen LogP contribution < -0.4 is 45.3 Å². The molecule has 5 atom stereocenters. The molecule has 4 rings (SSSR count). The molecule has 1 aromatic carbocycles. The predicted molar refractivity (Wildman–Crippen MR) is 117 cm³/mol. The number of piperazine rings is 1. The number of Topliss-reactive ketones (excluding diaryl/α,β-unsaturated/α-hetero) is 1. The summed E-state index contributed by atoms with van der Waals surface area (Å²) < 4.78 is 0. The van der Waals surface area contributed by atoms with E-state index in [1.54, 1.807) is 25.1 Å². The number of carboxylic acids is 1. The number of amides is 6. The van der Waals surface area contributed by atoms with Gasteiger partial charge in [-0.1, -0.05) is 37.3 Å². The van der Waals surface area contributed by atoms with Crippen LogP contribution >= 0.6 is 0 Å². The summed E-state index contributed by atoms with van der Waals surface area (Å²) in [5.74, 6) is -6.56. The minimum absolute atomic E-state index is 0. The van der Waals surface area contributed by atoms with E-state index in [2.05, 4.69) is 10.6 Å². The van der Waals surface area contributed by atoms with Gasteiger partial charge >= 0.3 is 47.4 Å². The van der Waals surface area contributed by atoms with Gasteiger partial charge in [0.2, 0.25) is 11.8 Å². The zero-order valence-electron chi connectivity index (χ0n) is 20.5. The van der Waals surface area contributed by atoms with E-state index in [1.807, 2.05) is 0 Å². The first kappa shape index (κ1) is 28.3. The molecule has 190 valence electrons. The fourth-order valence-electron chi connectivity index (χ4n) is 4.80. The Morgan fingerprint density at radius 3 is 2.30 bits per heavy atom. The van der Waals surface area contributed by atoms with E-state index in [-0.39, 0.29) is 42.6 Å². The maximum atomic E-state index is 13.2. The number of hydrogen-bond acceptors (Lipinski definition) is 8. The van der Waals surface area contributed by atoms with Crippen LogP contribution in [0.3, 0.4) is 0 Å². The summed E-state index contributed by atoms with van der Waals surface area (Å²) in [5.41, 5.74) is 0.316. The second-order valence-corrected chi connectivity index (χ2v) is 8.77. The van der Waals surface area contributed by atoms with E-state index in [0.29, 0.717) is 17.0 Å². The molecule has 0 spiro atoms. The van der Waals surface area contributed by atoms with Gasteiger partial charge in [0, 0.05) is 25.6 Å². The molecule has 13 nitrogen and oxygen atoms in total. The largest absolute Gasteiger partial charge is 1.00 e. The van der Waals surface area contributed by atoms with Crippen molar-refractivity contribution >= 4 is 41.4 Å². The van der Waals surface area contributed by atoms with Crippen molar-refractivity contribution in [2.45, 2.75) is 38.0 Å². The van der Waals surface area contributed by atoms with Crippen molar-refractivity contribution in [2.24, 2.45) is 5.92 Å². The fraction of sp³-hybridized carbons (Fsp3) is 0.435. The Hall–Kier alpha value is -3.29. The molecule has 3 fully saturated rings. The Kier molecular flexibility index (Phi) is 8.40. The van der Waals surface area contributed by atoms with E-state index in [9.17, 15) is 38.7 Å². The molecule has 6 amide bonds. The number of β-lactam (4-membered cyclic amide) rings is 1. The molecule has 0 aliphatic carbocycles. The van der Waals surface area contributed by atoms with Gasteiger partial charge in [-0.25, -0.2) is 4.79 Å². The summed E-state index contributed by atoms with van der Waals surface area (Å²) in [6.45, 7) is 3.45. The van der Waals surface area contributed by atoms with E-state index >= 15 is 0 Å². The van der Waals surface area contributed by atoms with Crippen LogP contribution in [0, 0.1) is 5.92 Å². The number of imide groups is 1. The number of hydrogen-bond donors (Lipinski definition) is 2. The van der Waals surface area contributed by atoms with Crippen LogP contribution in [0.2, 0.25) is 0 Å². The predicted octanol–water partition coefficient (Wildman–Crippen LogP) is -5.84. The van der Waals surface area contributed by atoms with Gasteiger partial charge < -0.3 is 30.3 Å². The minimum Gasteiger partial charge on any atom is -0.548 e. The summed E-state index contributed by atoms with van der Waals surface area (Å²) >= 11 is 0. The zero-order chi connectivity index (χ0) is 26.3. The number of rotatable bonds is 6. The number of nitrogens with zero attached hydrogens (tertiary/aromatic N) is 3. The Labute approximate surface area is 233 Å². The van der Waals surface area contributed by atoms with Gasteiger partial charge in [-0.3, -0.25) is 28.9 Å². The van der Waals surface area contributed by atoms with Crippen molar-refractivity contribution in [2.75, 3.05) is 19.6 Å². The number of likely N-dealkylation sites (N-methyl/N-ethyl adjacent to an activating group) is 1. The molecular weight excluding hydrogens is 497 g/mol. The summed E-state index contributed by atoms with van der Waals surface area (Å²) in [7, 11) is 0. The average Bonchev–Trinajstić information content (AvgIpc) is 3.10. The van der Waals surface area contributed by atoms with Gasteiger partial charge in [-0.15, -0.1) is 0 Å². The topological polar surface area (TPSA) is 176 Å². The normalized spacial score (nSPS) is 25.6. The molecule has 0 saturated carbocycles. The molecule has 37 heavy (non-hydrogen) atoms. The summed E-state index contributed by atoms with van der Waals surface area (Å²) in [6, 6.07) is 1.74. The van der Waals surface area contributed by atoms with Crippen molar-refractivity contribution in [1.82, 2.24) is 25.3 Å². The number of ketones is 1. The van der Waals surface area contributed by atoms with Crippen LogP contribution in [0.1, 0.15) is 25.5 Å². The number of aliphatic carboxylic acids is 1. The van der Waals surface area contributed by atoms with Crippen molar-refractivity contribution < 1.29 is 68.2 Å². The van der Waals surface area contributed by atoms with Crippen LogP contribution in [-0.2, 0) is 28.8 Å². The third-order valence-electron chi connectivity index (χ3n) is 6.79. The SMILES string of the molecule is CCN1CCN(C(=O)NC(C(=O)NC2C(=O)N3C(C(=O)[O-])C(C)C(=O)[C@H]23)c2ccccc2)C(=O)C1=O.[Na+]. The zero-order valence-corrected chi connectivity index (χ0v) is 22.5. The molecular formula is C23H24N5NaO8. The molecule has 1 aromatic rings. The first-order valence-electron chi connectivity index (χ1n) is 11.4. The number of carboxylic acid groups (broad SMARTS) is 1. The maximum absolute atomic E-state index is 13.2. The molecule has 3 heterocycles. The molecule has 0 aromatic heterocycles. The third-order valence-corrected chi connectivity index (χ3v) is 6.79. The monoisotopic (exact) mass is 521 g/mol. The molecule has 2 N–H and O–H groups in total. The van der Waals surface area contributed by atoms with E-state index < -0.39 is 71.5 Å². The number of urea groups is 1. The van der Waals surface area contributed by atoms with Gasteiger partial charge in [-0.2, -0.15) is 0 Å². The number of benzene rings is 1. The number of carbonyl (C=O) groups is 7. The smallest absolute Gasteiger partial charge is 0.548 e. The van der Waals surface area contributed by atoms with Gasteiger partial charge in [0.25, 0.3) is 0 Å². The molecule has 4 unspecified atom stereocenters. The molecule has 3 saturated heterocycles. The molecule has 0 bridgehead atoms. The second kappa shape index (κ2) is 11.0. The van der Waals surface area contributed by atoms with Crippen LogP contribution in [0.25, 0.3) is 0 Å². The average molecular weight is 521 g/mol. The summed E-state index contributed by atoms with van der Waals surface area (Å²) in [5, 5.41) is 16.3. The second-order valence-electron chi connectivity index (χ2n) is 8.77. The standard InChI is InChI=1S/C23H25N5O8.Na/c1-3-26-9-10-27(21(33)20(26)32)23(36)25-13(12-7-5-4-6-8-12)18(30)24-14-16-17(29)11(2)15(22(34)35)28(16)19(14)31;/h4-8,11,13-16H,3,9-10H2,1-2H3,(H,24,30)(H,25,36)(H,34,35);/q;+1/p-1/t11?,13?,14?,15?,16-;/m0./s1. The Balaban J connectivity index is 0.00000380. The third kappa shape index (κ3) is 4.86. The molecule has 3 aliphatic heterocycles. The maximum Gasteiger partial charge on any atom is 1.00 e. The van der Waals surface area contributed by atoms with Crippen LogP contribution in [0.5, 0.6) is 0 Å². The van der Waals surface area contributed by atoms with Crippen LogP contribution in [0.4, 0.5) is 4.79 Å². The van der Waals surface area contributed by atoms with Crippen LogP contribution in [-0.4, -0.2) is 93.9 Å². The van der Waals surface area contributed by atoms with Crippen molar-refractivity contribution in [3.8, 4) is 0 Å². The first-order valence-corrected chi connectivity index (χ1v) is 11.4. The molecule has 3 aliphatic rings. The van der Waals surface area contributed by atoms with Crippen molar-refractivity contribution in [3.05, 3.63) is 35.9 Å². The number of nitrogens with one attached hydrogen (secondary N) is 2. The van der Waals surface area contributed by atoms with Gasteiger partial charge in [0.05, 0.1) is 12.0 Å². The van der Waals surface area contributed by atoms with Crippen LogP contribution in [0.15, 0.2) is 30.3 Å². The summed E-state index contributed by atoms with van der Waals surface area (Å²) in [6.07, 6.45) is 0. The fourth-order valence-corrected chi connectivity index (χ4v) is 4.80. The van der Waals surface area contributed by atoms with Crippen molar-refractivity contribution in [1.29, 1.82) is 0 Å². The molecule has 14 heteroatoms. The van der Waals surface area contributed by atoms with Crippen molar-refractivity contribution in [3.63, 3.8) is 0 Å². The van der Waals surface area contributed by atoms with E-state index in [0.717, 1.165) is 4.90 Å². The van der Waals surface area contributed by atoms with E-state index in [4.69, 9.17) is 0 Å². The molecule has 0 radical (unpaired) electrons. The quantitative estimate of drug-likeness (QED) is 0.211. The van der Waals surface area contributed by atoms with Gasteiger partial charge in [0.1, 0.15) is 18.1 Å². The minimum atomic E-state index is -1.56. The Bertz CT molecular complexity index is 1160.